The molecular weight excluding hydrogens is 993 g/mol. The fourth-order valence-corrected chi connectivity index (χ4v) is 11.6. The van der Waals surface area contributed by atoms with Crippen molar-refractivity contribution in [2.75, 3.05) is 0 Å². The maximum Gasteiger partial charge on any atom is 0.311 e. The topological polar surface area (TPSA) is 146 Å². The van der Waals surface area contributed by atoms with E-state index in [4.69, 9.17) is 29.2 Å². The molecule has 2 N–H and O–H groups in total. The van der Waals surface area contributed by atoms with Gasteiger partial charge in [-0.15, -0.1) is 0 Å². The van der Waals surface area contributed by atoms with Gasteiger partial charge in [0.15, 0.2) is 0 Å². The number of esters is 2. The average molecular weight is 1100 g/mol. The Morgan fingerprint density at radius 3 is 1.01 bits per heavy atom. The van der Waals surface area contributed by atoms with E-state index in [1.165, 1.54) is 103 Å². The minimum atomic E-state index is -0.999. The number of carboxylic acid groups (broad SMARTS) is 2. The van der Waals surface area contributed by atoms with Gasteiger partial charge in [-0.2, -0.15) is 0 Å². The van der Waals surface area contributed by atoms with Crippen LogP contribution in [0.5, 0.6) is 23.0 Å². The number of benzene rings is 2. The van der Waals surface area contributed by atoms with E-state index in [0.717, 1.165) is 130 Å². The Morgan fingerprint density at radius 2 is 0.727 bits per heavy atom. The first kappa shape index (κ1) is 70.3. The van der Waals surface area contributed by atoms with Gasteiger partial charge in [-0.3, -0.25) is 19.2 Å². The summed E-state index contributed by atoms with van der Waals surface area (Å²) >= 11 is 0. The zero-order valence-corrected chi connectivity index (χ0v) is 53.9. The number of ether oxygens (including phenoxy) is 4. The molecule has 0 aromatic heterocycles. The minimum absolute atomic E-state index is 0. The maximum atomic E-state index is 12.2. The van der Waals surface area contributed by atoms with Crippen LogP contribution >= 0.6 is 0 Å². The largest absolute Gasteiger partial charge is 0.487 e. The van der Waals surface area contributed by atoms with Crippen molar-refractivity contribution in [3.63, 3.8) is 0 Å². The van der Waals surface area contributed by atoms with Crippen molar-refractivity contribution in [2.24, 2.45) is 35.5 Å². The first-order chi connectivity index (χ1) is 35.6. The summed E-state index contributed by atoms with van der Waals surface area (Å²) in [5.41, 5.74) is 7.53. The second kappa shape index (κ2) is 34.5. The number of hydrogen-bond acceptors (Lipinski definition) is 8. The number of carboxylic acids is 2. The molecule has 0 fully saturated rings. The molecule has 434 valence electrons. The molecule has 0 spiro atoms. The predicted octanol–water partition coefficient (Wildman–Crippen LogP) is 17.4. The summed E-state index contributed by atoms with van der Waals surface area (Å²) in [5.74, 6) is 4.84. The third kappa shape index (κ3) is 24.4. The van der Waals surface area contributed by atoms with E-state index >= 15 is 0 Å². The third-order valence-corrected chi connectivity index (χ3v) is 17.2. The van der Waals surface area contributed by atoms with Gasteiger partial charge < -0.3 is 29.2 Å². The van der Waals surface area contributed by atoms with Crippen molar-refractivity contribution in [2.45, 2.75) is 289 Å². The number of carbonyl (C=O) groups excluding carboxylic acids is 2. The van der Waals surface area contributed by atoms with Crippen LogP contribution in [0.2, 0.25) is 0 Å². The van der Waals surface area contributed by atoms with Crippen LogP contribution in [-0.2, 0) is 32.0 Å². The van der Waals surface area contributed by atoms with Crippen LogP contribution in [-0.4, -0.2) is 83.0 Å². The van der Waals surface area contributed by atoms with Crippen LogP contribution in [0.3, 0.4) is 0 Å². The van der Waals surface area contributed by atoms with Crippen LogP contribution in [0.25, 0.3) is 0 Å². The summed E-state index contributed by atoms with van der Waals surface area (Å²) in [4.78, 5) is 46.1. The average Bonchev–Trinajstić information content (AvgIpc) is 3.33. The van der Waals surface area contributed by atoms with Gasteiger partial charge in [0, 0.05) is 48.9 Å². The van der Waals surface area contributed by atoms with Gasteiger partial charge in [-0.05, 0) is 176 Å². The fraction of sp³-hybridized carbons (Fsp3) is 0.758. The molecule has 2 radical (unpaired) electrons. The van der Waals surface area contributed by atoms with Crippen molar-refractivity contribution in [1.82, 2.24) is 0 Å². The smallest absolute Gasteiger partial charge is 0.311 e. The molecule has 0 bridgehead atoms. The Kier molecular flexibility index (Phi) is 31.5. The quantitative estimate of drug-likeness (QED) is 0.0412. The van der Waals surface area contributed by atoms with Crippen LogP contribution in [0, 0.1) is 77.0 Å². The summed E-state index contributed by atoms with van der Waals surface area (Å²) in [6, 6.07) is 0. The van der Waals surface area contributed by atoms with Gasteiger partial charge in [0.1, 0.15) is 34.2 Å². The molecule has 2 aromatic rings. The first-order valence-corrected chi connectivity index (χ1v) is 30.1. The Labute approximate surface area is 498 Å². The van der Waals surface area contributed by atoms with Crippen LogP contribution < -0.4 is 18.9 Å². The van der Waals surface area contributed by atoms with E-state index in [9.17, 15) is 19.2 Å². The molecule has 2 aliphatic rings. The first-order valence-electron chi connectivity index (χ1n) is 30.1. The van der Waals surface area contributed by atoms with E-state index in [1.807, 2.05) is 41.5 Å². The number of aliphatic carboxylic acids is 2. The number of fused-ring (bicyclic) bond motifs is 2. The Morgan fingerprint density at radius 1 is 0.442 bits per heavy atom. The summed E-state index contributed by atoms with van der Waals surface area (Å²) in [6.45, 7) is 35.3. The Hall–Kier alpha value is -2.82. The standard InChI is InChI=1S/2C33H54O5.Ca/c2*1-22(2)12-9-13-23(3)14-10-15-24(4)16-11-20-33(8)21-19-28-27(7)31(25(5)26(6)32(28)38-33)37-30(36)18-17-29(34)35;/h2*22-24H,9-21H2,1-8H3,(H,34,35);/t2*23-,24-,33-;/m11./s1. The molecule has 0 saturated heterocycles. The number of carbonyl (C=O) groups is 4. The van der Waals surface area contributed by atoms with Crippen LogP contribution in [0.4, 0.5) is 0 Å². The second-order valence-corrected chi connectivity index (χ2v) is 25.6. The Balaban J connectivity index is 0.000000520. The predicted molar refractivity (Wildman–Crippen MR) is 316 cm³/mol. The third-order valence-electron chi connectivity index (χ3n) is 17.2. The second-order valence-electron chi connectivity index (χ2n) is 25.6. The van der Waals surface area contributed by atoms with E-state index < -0.39 is 23.9 Å². The molecule has 2 aliphatic heterocycles. The molecule has 77 heavy (non-hydrogen) atoms. The number of hydrogen-bond donors (Lipinski definition) is 2. The molecule has 0 aliphatic carbocycles. The van der Waals surface area contributed by atoms with Crippen LogP contribution in [0.15, 0.2) is 0 Å². The molecule has 0 amide bonds. The molecule has 2 heterocycles. The maximum absolute atomic E-state index is 12.2. The van der Waals surface area contributed by atoms with Gasteiger partial charge in [0.05, 0.1) is 25.7 Å². The van der Waals surface area contributed by atoms with Crippen molar-refractivity contribution in [3.05, 3.63) is 44.5 Å². The SMILES string of the molecule is Cc1c(C)c2c(c(C)c1OC(=O)CCC(=O)O)CC[C@@](C)(CCC[C@H](C)CCC[C@H](C)CCCC(C)C)O2.Cc1c(C)c2c(c(C)c1OC(=O)CCC(=O)O)CC[C@@](C)(CCC[C@H](C)CCC[C@H](C)CCCC(C)C)O2.[Ca]. The Bertz CT molecular complexity index is 2030. The van der Waals surface area contributed by atoms with Gasteiger partial charge in [-0.25, -0.2) is 0 Å². The normalized spacial score (nSPS) is 18.3. The van der Waals surface area contributed by atoms with Gasteiger partial charge in [0.25, 0.3) is 0 Å². The van der Waals surface area contributed by atoms with Crippen LogP contribution in [0.1, 0.15) is 268 Å². The molecule has 11 heteroatoms. The fourth-order valence-electron chi connectivity index (χ4n) is 11.6. The summed E-state index contributed by atoms with van der Waals surface area (Å²) in [6.07, 6.45) is 26.1. The van der Waals surface area contributed by atoms with Crippen molar-refractivity contribution in [1.29, 1.82) is 0 Å². The van der Waals surface area contributed by atoms with E-state index in [2.05, 4.69) is 69.2 Å². The summed E-state index contributed by atoms with van der Waals surface area (Å²) < 4.78 is 24.6. The number of rotatable bonds is 32. The molecule has 2 aromatic carbocycles. The summed E-state index contributed by atoms with van der Waals surface area (Å²) in [5, 5.41) is 17.7. The van der Waals surface area contributed by atoms with E-state index in [1.54, 1.807) is 0 Å². The zero-order valence-electron chi connectivity index (χ0n) is 51.7. The van der Waals surface area contributed by atoms with Gasteiger partial charge >= 0.3 is 23.9 Å². The van der Waals surface area contributed by atoms with Crippen molar-refractivity contribution >= 4 is 61.6 Å². The molecule has 10 nitrogen and oxygen atoms in total. The molecule has 0 saturated carbocycles. The molecule has 4 rings (SSSR count). The van der Waals surface area contributed by atoms with E-state index in [-0.39, 0.29) is 74.6 Å². The molecular formula is C66H108CaO10. The van der Waals surface area contributed by atoms with Gasteiger partial charge in [-0.1, -0.05) is 145 Å². The van der Waals surface area contributed by atoms with Crippen molar-refractivity contribution < 1.29 is 48.3 Å². The zero-order chi connectivity index (χ0) is 56.9. The molecule has 6 atom stereocenters. The monoisotopic (exact) mass is 1100 g/mol. The molecule has 0 unspecified atom stereocenters. The summed E-state index contributed by atoms with van der Waals surface area (Å²) in [7, 11) is 0. The van der Waals surface area contributed by atoms with Gasteiger partial charge in [0.2, 0.25) is 0 Å². The minimum Gasteiger partial charge on any atom is -0.487 e. The van der Waals surface area contributed by atoms with E-state index in [0.29, 0.717) is 11.5 Å². The van der Waals surface area contributed by atoms with Crippen molar-refractivity contribution in [3.8, 4) is 23.0 Å².